The van der Waals surface area contributed by atoms with Crippen molar-refractivity contribution >= 4 is 16.7 Å². The van der Waals surface area contributed by atoms with Crippen molar-refractivity contribution in [3.05, 3.63) is 138 Å². The van der Waals surface area contributed by atoms with Gasteiger partial charge < -0.3 is 9.42 Å². The average molecular weight is 530 g/mol. The smallest absolute Gasteiger partial charge is 0.256 e. The molecule has 0 aliphatic carbocycles. The second-order valence-corrected chi connectivity index (χ2v) is 10.2. The highest BCUT2D eigenvalue weighted by Gasteiger charge is 2.37. The topological polar surface area (TPSA) is 75.4 Å². The average Bonchev–Trinajstić information content (AvgIpc) is 3.42. The first-order valence-electron chi connectivity index (χ1n) is 13.5. The fourth-order valence-corrected chi connectivity index (χ4v) is 5.68. The maximum absolute atomic E-state index is 14.0. The number of carbonyl (C=O) groups is 1. The van der Waals surface area contributed by atoms with Crippen LogP contribution in [-0.4, -0.2) is 56.5 Å². The van der Waals surface area contributed by atoms with Crippen molar-refractivity contribution < 1.29 is 9.32 Å². The quantitative estimate of drug-likeness (QED) is 0.254. The number of hydrogen-bond acceptors (Lipinski definition) is 6. The Morgan fingerprint density at radius 3 is 2.30 bits per heavy atom. The van der Waals surface area contributed by atoms with Gasteiger partial charge in [0.1, 0.15) is 0 Å². The molecule has 0 radical (unpaired) electrons. The van der Waals surface area contributed by atoms with Crippen LogP contribution in [0.25, 0.3) is 10.8 Å². The molecule has 6 rings (SSSR count). The van der Waals surface area contributed by atoms with Crippen molar-refractivity contribution in [1.29, 1.82) is 0 Å². The van der Waals surface area contributed by atoms with Gasteiger partial charge in [-0.3, -0.25) is 14.7 Å². The van der Waals surface area contributed by atoms with Gasteiger partial charge in [-0.15, -0.1) is 0 Å². The van der Waals surface area contributed by atoms with Gasteiger partial charge in [0.15, 0.2) is 5.82 Å². The standard InChI is InChI=1S/C33H31N5O2/c1-23(19-31-35-24(2)36-40-31)30-22-37(33(39)29-21-34-20-27-15-9-10-16-28(27)29)17-18-38(30)32(25-11-5-3-6-12-25)26-13-7-4-8-14-26/h3-16,20-21,30,32H,1,17-19,22H2,2H3. The van der Waals surface area contributed by atoms with Gasteiger partial charge in [-0.1, -0.05) is 96.7 Å². The number of nitrogens with zero attached hydrogens (tertiary/aromatic N) is 5. The summed E-state index contributed by atoms with van der Waals surface area (Å²) in [4.78, 5) is 27.1. The number of aromatic nitrogens is 3. The molecule has 1 atom stereocenters. The van der Waals surface area contributed by atoms with E-state index >= 15 is 0 Å². The fraction of sp³-hybridized carbons (Fsp3) is 0.212. The molecule has 3 aromatic carbocycles. The highest BCUT2D eigenvalue weighted by atomic mass is 16.5. The predicted octanol–water partition coefficient (Wildman–Crippen LogP) is 5.64. The van der Waals surface area contributed by atoms with Crippen molar-refractivity contribution in [2.75, 3.05) is 19.6 Å². The first-order chi connectivity index (χ1) is 19.6. The van der Waals surface area contributed by atoms with Crippen LogP contribution in [-0.2, 0) is 6.42 Å². The molecule has 3 heterocycles. The van der Waals surface area contributed by atoms with Crippen LogP contribution in [0.15, 0.2) is 114 Å². The zero-order valence-electron chi connectivity index (χ0n) is 22.5. The van der Waals surface area contributed by atoms with Gasteiger partial charge in [-0.2, -0.15) is 4.98 Å². The Balaban J connectivity index is 1.37. The Morgan fingerprint density at radius 1 is 0.950 bits per heavy atom. The monoisotopic (exact) mass is 529 g/mol. The number of hydrogen-bond donors (Lipinski definition) is 0. The predicted molar refractivity (Wildman–Crippen MR) is 155 cm³/mol. The molecule has 5 aromatic rings. The van der Waals surface area contributed by atoms with Crippen molar-refractivity contribution in [2.45, 2.75) is 25.4 Å². The van der Waals surface area contributed by atoms with E-state index in [0.29, 0.717) is 43.3 Å². The summed E-state index contributed by atoms with van der Waals surface area (Å²) < 4.78 is 5.45. The Morgan fingerprint density at radius 2 is 1.62 bits per heavy atom. The summed E-state index contributed by atoms with van der Waals surface area (Å²) in [5.41, 5.74) is 3.93. The molecule has 200 valence electrons. The minimum atomic E-state index is -0.141. The molecular weight excluding hydrogens is 498 g/mol. The second-order valence-electron chi connectivity index (χ2n) is 10.2. The zero-order valence-corrected chi connectivity index (χ0v) is 22.5. The van der Waals surface area contributed by atoms with Crippen LogP contribution in [0.5, 0.6) is 0 Å². The lowest BCUT2D eigenvalue weighted by molar-refractivity contribution is 0.0462. The van der Waals surface area contributed by atoms with Gasteiger partial charge in [0.25, 0.3) is 5.91 Å². The summed E-state index contributed by atoms with van der Waals surface area (Å²) in [6, 6.07) is 28.8. The van der Waals surface area contributed by atoms with E-state index in [0.717, 1.165) is 16.3 Å². The number of fused-ring (bicyclic) bond motifs is 1. The number of amides is 1. The van der Waals surface area contributed by atoms with Crippen molar-refractivity contribution in [1.82, 2.24) is 24.9 Å². The summed E-state index contributed by atoms with van der Waals surface area (Å²) in [6.45, 7) is 8.05. The fourth-order valence-electron chi connectivity index (χ4n) is 5.68. The van der Waals surface area contributed by atoms with E-state index in [4.69, 9.17) is 4.52 Å². The highest BCUT2D eigenvalue weighted by Crippen LogP contribution is 2.35. The Bertz CT molecular complexity index is 1590. The van der Waals surface area contributed by atoms with Crippen LogP contribution < -0.4 is 0 Å². The largest absolute Gasteiger partial charge is 0.339 e. The first-order valence-corrected chi connectivity index (χ1v) is 13.5. The number of piperazine rings is 1. The van der Waals surface area contributed by atoms with Crippen LogP contribution in [0, 0.1) is 6.92 Å². The molecule has 1 fully saturated rings. The summed E-state index contributed by atoms with van der Waals surface area (Å²) in [5.74, 6) is 1.10. The molecule has 2 aromatic heterocycles. The molecule has 7 heteroatoms. The van der Waals surface area contributed by atoms with Crippen molar-refractivity contribution in [3.8, 4) is 0 Å². The van der Waals surface area contributed by atoms with E-state index < -0.39 is 0 Å². The Kier molecular flexibility index (Phi) is 7.21. The van der Waals surface area contributed by atoms with Gasteiger partial charge in [0.2, 0.25) is 5.89 Å². The molecule has 1 amide bonds. The first kappa shape index (κ1) is 25.6. The molecule has 1 unspecified atom stereocenters. The second kappa shape index (κ2) is 11.2. The third kappa shape index (κ3) is 5.16. The summed E-state index contributed by atoms with van der Waals surface area (Å²) >= 11 is 0. The Hall–Kier alpha value is -4.62. The molecule has 7 nitrogen and oxygen atoms in total. The molecule has 1 saturated heterocycles. The van der Waals surface area contributed by atoms with Gasteiger partial charge >= 0.3 is 0 Å². The van der Waals surface area contributed by atoms with E-state index in [1.807, 2.05) is 48.2 Å². The minimum Gasteiger partial charge on any atom is -0.339 e. The lowest BCUT2D eigenvalue weighted by Gasteiger charge is -2.46. The van der Waals surface area contributed by atoms with E-state index in [1.165, 1.54) is 11.1 Å². The molecular formula is C33H31N5O2. The van der Waals surface area contributed by atoms with E-state index in [9.17, 15) is 4.79 Å². The number of rotatable bonds is 7. The molecule has 0 saturated carbocycles. The van der Waals surface area contributed by atoms with Crippen LogP contribution >= 0.6 is 0 Å². The van der Waals surface area contributed by atoms with Gasteiger partial charge in [0, 0.05) is 49.9 Å². The normalized spacial score (nSPS) is 15.9. The summed E-state index contributed by atoms with van der Waals surface area (Å²) in [5, 5.41) is 5.83. The molecule has 0 spiro atoms. The lowest BCUT2D eigenvalue weighted by Crippen LogP contribution is -2.56. The maximum atomic E-state index is 14.0. The molecule has 0 N–H and O–H groups in total. The number of benzene rings is 3. The maximum Gasteiger partial charge on any atom is 0.256 e. The van der Waals surface area contributed by atoms with Gasteiger partial charge in [-0.25, -0.2) is 0 Å². The van der Waals surface area contributed by atoms with Gasteiger partial charge in [-0.05, 0) is 29.0 Å². The van der Waals surface area contributed by atoms with E-state index in [2.05, 4.69) is 75.1 Å². The van der Waals surface area contributed by atoms with Crippen LogP contribution in [0.4, 0.5) is 0 Å². The van der Waals surface area contributed by atoms with Crippen molar-refractivity contribution in [3.63, 3.8) is 0 Å². The van der Waals surface area contributed by atoms with Crippen molar-refractivity contribution in [2.24, 2.45) is 0 Å². The van der Waals surface area contributed by atoms with Crippen LogP contribution in [0.3, 0.4) is 0 Å². The number of carbonyl (C=O) groups excluding carboxylic acids is 1. The van der Waals surface area contributed by atoms with Crippen LogP contribution in [0.1, 0.15) is 39.2 Å². The number of aryl methyl sites for hydroxylation is 1. The third-order valence-corrected chi connectivity index (χ3v) is 7.59. The van der Waals surface area contributed by atoms with E-state index in [1.54, 1.807) is 12.4 Å². The van der Waals surface area contributed by atoms with Crippen LogP contribution in [0.2, 0.25) is 0 Å². The summed E-state index contributed by atoms with van der Waals surface area (Å²) in [6.07, 6.45) is 3.92. The SMILES string of the molecule is C=C(Cc1nc(C)no1)C1CN(C(=O)c2cncc3ccccc23)CCN1C(c1ccccc1)c1ccccc1. The number of pyridine rings is 1. The zero-order chi connectivity index (χ0) is 27.5. The Labute approximate surface area is 233 Å². The minimum absolute atomic E-state index is 0.00922. The molecule has 40 heavy (non-hydrogen) atoms. The molecule has 0 bridgehead atoms. The van der Waals surface area contributed by atoms with E-state index in [-0.39, 0.29) is 18.0 Å². The highest BCUT2D eigenvalue weighted by molar-refractivity contribution is 6.06. The lowest BCUT2D eigenvalue weighted by atomic mass is 9.91. The molecule has 1 aliphatic heterocycles. The third-order valence-electron chi connectivity index (χ3n) is 7.59. The molecule has 1 aliphatic rings. The summed E-state index contributed by atoms with van der Waals surface area (Å²) in [7, 11) is 0. The van der Waals surface area contributed by atoms with Gasteiger partial charge in [0.05, 0.1) is 11.6 Å².